The van der Waals surface area contributed by atoms with Crippen LogP contribution < -0.4 is 5.32 Å². The van der Waals surface area contributed by atoms with E-state index in [9.17, 15) is 9.18 Å². The summed E-state index contributed by atoms with van der Waals surface area (Å²) in [6.07, 6.45) is 2.41. The number of benzene rings is 1. The highest BCUT2D eigenvalue weighted by molar-refractivity contribution is 5.79. The molecule has 5 nitrogen and oxygen atoms in total. The van der Waals surface area contributed by atoms with Gasteiger partial charge in [0.15, 0.2) is 0 Å². The van der Waals surface area contributed by atoms with Crippen LogP contribution in [0.5, 0.6) is 0 Å². The number of ether oxygens (including phenoxy) is 1. The van der Waals surface area contributed by atoms with Crippen molar-refractivity contribution < 1.29 is 13.9 Å². The summed E-state index contributed by atoms with van der Waals surface area (Å²) in [6.45, 7) is 5.44. The maximum Gasteiger partial charge on any atom is 0.225 e. The first-order chi connectivity index (χ1) is 12.0. The number of fused-ring (bicyclic) bond motifs is 1. The summed E-state index contributed by atoms with van der Waals surface area (Å²) < 4.78 is 21.1. The molecule has 2 atom stereocenters. The minimum atomic E-state index is -0.271. The fourth-order valence-electron chi connectivity index (χ4n) is 3.61. The van der Waals surface area contributed by atoms with Gasteiger partial charge in [-0.1, -0.05) is 13.8 Å². The second-order valence-electron chi connectivity index (χ2n) is 7.09. The Bertz CT molecular complexity index is 756. The zero-order chi connectivity index (χ0) is 18.0. The Balaban J connectivity index is 1.61. The Kier molecular flexibility index (Phi) is 5.37. The quantitative estimate of drug-likeness (QED) is 0.905. The van der Waals surface area contributed by atoms with Gasteiger partial charge in [0.05, 0.1) is 23.1 Å². The van der Waals surface area contributed by atoms with Crippen LogP contribution in [-0.2, 0) is 23.0 Å². The minimum Gasteiger partial charge on any atom is -0.377 e. The molecule has 1 aromatic carbocycles. The molecule has 1 amide bonds. The van der Waals surface area contributed by atoms with E-state index in [2.05, 4.69) is 24.1 Å². The lowest BCUT2D eigenvalue weighted by Gasteiger charge is -2.33. The number of aryl methyl sites for hydroxylation is 1. The van der Waals surface area contributed by atoms with Gasteiger partial charge in [0.1, 0.15) is 11.6 Å². The van der Waals surface area contributed by atoms with Gasteiger partial charge in [0, 0.05) is 26.6 Å². The predicted molar refractivity (Wildman–Crippen MR) is 94.7 cm³/mol. The number of imidazole rings is 1. The molecule has 1 aliphatic rings. The van der Waals surface area contributed by atoms with Crippen LogP contribution in [0, 0.1) is 17.7 Å². The van der Waals surface area contributed by atoms with E-state index in [1.54, 1.807) is 6.07 Å². The van der Waals surface area contributed by atoms with Gasteiger partial charge in [0.2, 0.25) is 5.91 Å². The van der Waals surface area contributed by atoms with Crippen LogP contribution >= 0.6 is 0 Å². The van der Waals surface area contributed by atoms with Gasteiger partial charge in [0.25, 0.3) is 0 Å². The Morgan fingerprint density at radius 2 is 2.28 bits per heavy atom. The van der Waals surface area contributed by atoms with Crippen molar-refractivity contribution in [1.29, 1.82) is 0 Å². The average Bonchev–Trinajstić information content (AvgIpc) is 2.90. The van der Waals surface area contributed by atoms with Crippen LogP contribution in [0.3, 0.4) is 0 Å². The molecular weight excluding hydrogens is 321 g/mol. The Labute approximate surface area is 147 Å². The molecule has 3 rings (SSSR count). The van der Waals surface area contributed by atoms with Crippen LogP contribution in [0.25, 0.3) is 11.0 Å². The number of aromatic nitrogens is 2. The Morgan fingerprint density at radius 1 is 1.48 bits per heavy atom. The summed E-state index contributed by atoms with van der Waals surface area (Å²) >= 11 is 0. The molecule has 2 heterocycles. The number of rotatable bonds is 5. The fraction of sp³-hybridized carbons (Fsp3) is 0.579. The van der Waals surface area contributed by atoms with Crippen molar-refractivity contribution in [1.82, 2.24) is 14.9 Å². The van der Waals surface area contributed by atoms with Crippen molar-refractivity contribution in [2.24, 2.45) is 18.9 Å². The molecule has 1 fully saturated rings. The molecule has 0 bridgehead atoms. The van der Waals surface area contributed by atoms with Crippen molar-refractivity contribution in [3.05, 3.63) is 29.8 Å². The number of halogens is 1. The third-order valence-corrected chi connectivity index (χ3v) is 4.94. The van der Waals surface area contributed by atoms with Gasteiger partial charge in [-0.3, -0.25) is 4.79 Å². The number of nitrogens with one attached hydrogen (secondary N) is 1. The average molecular weight is 347 g/mol. The maximum atomic E-state index is 13.4. The SMILES string of the molecule is CC(C)[C@H]1OCCC[C@H]1C(=O)NCCc1nc2ccc(F)cc2n1C. The standard InChI is InChI=1S/C19H26FN3O2/c1-12(2)18-14(5-4-10-25-18)19(24)21-9-8-17-22-15-7-6-13(20)11-16(15)23(17)3/h6-7,11-12,14,18H,4-5,8-10H2,1-3H3,(H,21,24)/t14-,18-/m1/s1. The molecule has 0 spiro atoms. The van der Waals surface area contributed by atoms with E-state index in [1.165, 1.54) is 12.1 Å². The summed E-state index contributed by atoms with van der Waals surface area (Å²) in [5.41, 5.74) is 1.53. The number of hydrogen-bond donors (Lipinski definition) is 1. The third-order valence-electron chi connectivity index (χ3n) is 4.94. The molecule has 0 radical (unpaired) electrons. The van der Waals surface area contributed by atoms with Crippen molar-refractivity contribution in [2.45, 2.75) is 39.2 Å². The number of amides is 1. The van der Waals surface area contributed by atoms with E-state index < -0.39 is 0 Å². The molecular formula is C19H26FN3O2. The molecule has 1 saturated heterocycles. The van der Waals surface area contributed by atoms with Crippen molar-refractivity contribution >= 4 is 16.9 Å². The van der Waals surface area contributed by atoms with Gasteiger partial charge in [-0.25, -0.2) is 9.37 Å². The second-order valence-corrected chi connectivity index (χ2v) is 7.09. The lowest BCUT2D eigenvalue weighted by Crippen LogP contribution is -2.44. The van der Waals surface area contributed by atoms with Gasteiger partial charge in [-0.15, -0.1) is 0 Å². The number of carbonyl (C=O) groups is 1. The molecule has 0 unspecified atom stereocenters. The minimum absolute atomic E-state index is 0.00697. The zero-order valence-electron chi connectivity index (χ0n) is 15.1. The van der Waals surface area contributed by atoms with Crippen LogP contribution in [0.15, 0.2) is 18.2 Å². The van der Waals surface area contributed by atoms with Crippen molar-refractivity contribution in [3.63, 3.8) is 0 Å². The smallest absolute Gasteiger partial charge is 0.225 e. The third kappa shape index (κ3) is 3.84. The van der Waals surface area contributed by atoms with E-state index in [1.807, 2.05) is 11.6 Å². The highest BCUT2D eigenvalue weighted by atomic mass is 19.1. The summed E-state index contributed by atoms with van der Waals surface area (Å²) in [5, 5.41) is 3.02. The summed E-state index contributed by atoms with van der Waals surface area (Å²) in [4.78, 5) is 17.1. The largest absolute Gasteiger partial charge is 0.377 e. The van der Waals surface area contributed by atoms with Crippen LogP contribution in [0.1, 0.15) is 32.5 Å². The van der Waals surface area contributed by atoms with E-state index in [0.717, 1.165) is 36.3 Å². The molecule has 1 N–H and O–H groups in total. The molecule has 2 aromatic rings. The van der Waals surface area contributed by atoms with E-state index >= 15 is 0 Å². The summed E-state index contributed by atoms with van der Waals surface area (Å²) in [7, 11) is 1.87. The van der Waals surface area contributed by atoms with Crippen molar-refractivity contribution in [2.75, 3.05) is 13.2 Å². The van der Waals surface area contributed by atoms with Crippen LogP contribution in [0.4, 0.5) is 4.39 Å². The Morgan fingerprint density at radius 3 is 3.04 bits per heavy atom. The number of carbonyl (C=O) groups excluding carboxylic acids is 1. The molecule has 1 aromatic heterocycles. The van der Waals surface area contributed by atoms with Gasteiger partial charge in [-0.2, -0.15) is 0 Å². The lowest BCUT2D eigenvalue weighted by atomic mass is 9.87. The molecule has 1 aliphatic heterocycles. The second kappa shape index (κ2) is 7.52. The first kappa shape index (κ1) is 17.9. The predicted octanol–water partition coefficient (Wildman–Crippen LogP) is 2.82. The van der Waals surface area contributed by atoms with Gasteiger partial charge >= 0.3 is 0 Å². The van der Waals surface area contributed by atoms with Gasteiger partial charge in [-0.05, 0) is 37.0 Å². The summed E-state index contributed by atoms with van der Waals surface area (Å²) in [6, 6.07) is 4.58. The van der Waals surface area contributed by atoms with Crippen molar-refractivity contribution in [3.8, 4) is 0 Å². The monoisotopic (exact) mass is 347 g/mol. The van der Waals surface area contributed by atoms with E-state index in [0.29, 0.717) is 18.9 Å². The summed E-state index contributed by atoms with van der Waals surface area (Å²) in [5.74, 6) is 0.867. The first-order valence-electron chi connectivity index (χ1n) is 8.97. The fourth-order valence-corrected chi connectivity index (χ4v) is 3.61. The van der Waals surface area contributed by atoms with E-state index in [4.69, 9.17) is 4.74 Å². The van der Waals surface area contributed by atoms with Gasteiger partial charge < -0.3 is 14.6 Å². The van der Waals surface area contributed by atoms with Crippen LogP contribution in [-0.4, -0.2) is 34.7 Å². The Hall–Kier alpha value is -1.95. The lowest BCUT2D eigenvalue weighted by molar-refractivity contribution is -0.137. The molecule has 25 heavy (non-hydrogen) atoms. The topological polar surface area (TPSA) is 56.1 Å². The zero-order valence-corrected chi connectivity index (χ0v) is 15.1. The highest BCUT2D eigenvalue weighted by Crippen LogP contribution is 2.26. The maximum absolute atomic E-state index is 13.4. The molecule has 0 saturated carbocycles. The number of nitrogens with zero attached hydrogens (tertiary/aromatic N) is 2. The molecule has 0 aliphatic carbocycles. The normalized spacial score (nSPS) is 21.0. The first-order valence-corrected chi connectivity index (χ1v) is 8.97. The van der Waals surface area contributed by atoms with Crippen LogP contribution in [0.2, 0.25) is 0 Å². The van der Waals surface area contributed by atoms with E-state index in [-0.39, 0.29) is 23.7 Å². The molecule has 6 heteroatoms. The number of hydrogen-bond acceptors (Lipinski definition) is 3. The molecule has 136 valence electrons. The highest BCUT2D eigenvalue weighted by Gasteiger charge is 2.33.